The normalized spacial score (nSPS) is 10.1. The number of carbonyl (C=O) groups is 2. The standard InChI is InChI=1S/C23H22N2O4/c1-2-28-21-15-9-7-13-19(21)25-22(26)16-29-20-14-8-6-12-18(20)23(27)24-17-10-4-3-5-11-17/h3-15H,2,16H2,1H3,(H,24,27)(H,25,26). The first-order chi connectivity index (χ1) is 14.2. The molecular weight excluding hydrogens is 368 g/mol. The van der Waals surface area contributed by atoms with Gasteiger partial charge in [0.15, 0.2) is 6.61 Å². The van der Waals surface area contributed by atoms with Gasteiger partial charge in [-0.3, -0.25) is 9.59 Å². The van der Waals surface area contributed by atoms with Crippen LogP contribution >= 0.6 is 0 Å². The summed E-state index contributed by atoms with van der Waals surface area (Å²) >= 11 is 0. The SMILES string of the molecule is CCOc1ccccc1NC(=O)COc1ccccc1C(=O)Nc1ccccc1. The lowest BCUT2D eigenvalue weighted by Crippen LogP contribution is -2.22. The number of benzene rings is 3. The van der Waals surface area contributed by atoms with E-state index in [4.69, 9.17) is 9.47 Å². The van der Waals surface area contributed by atoms with Gasteiger partial charge < -0.3 is 20.1 Å². The van der Waals surface area contributed by atoms with Crippen LogP contribution in [-0.4, -0.2) is 25.0 Å². The zero-order chi connectivity index (χ0) is 20.5. The maximum atomic E-state index is 12.6. The van der Waals surface area contributed by atoms with Gasteiger partial charge in [0.05, 0.1) is 17.9 Å². The number of ether oxygens (including phenoxy) is 2. The second kappa shape index (κ2) is 9.94. The van der Waals surface area contributed by atoms with Crippen molar-refractivity contribution in [2.45, 2.75) is 6.92 Å². The van der Waals surface area contributed by atoms with Crippen molar-refractivity contribution in [1.29, 1.82) is 0 Å². The average Bonchev–Trinajstić information content (AvgIpc) is 2.75. The summed E-state index contributed by atoms with van der Waals surface area (Å²) in [6.07, 6.45) is 0. The third-order valence-corrected chi connectivity index (χ3v) is 3.98. The minimum absolute atomic E-state index is 0.240. The molecule has 6 nitrogen and oxygen atoms in total. The molecule has 3 aromatic carbocycles. The van der Waals surface area contributed by atoms with Gasteiger partial charge in [0.1, 0.15) is 11.5 Å². The van der Waals surface area contributed by atoms with E-state index in [-0.39, 0.29) is 18.4 Å². The molecule has 3 aromatic rings. The Kier molecular flexibility index (Phi) is 6.84. The van der Waals surface area contributed by atoms with Gasteiger partial charge in [0.2, 0.25) is 0 Å². The summed E-state index contributed by atoms with van der Waals surface area (Å²) in [5.41, 5.74) is 1.59. The van der Waals surface area contributed by atoms with Crippen LogP contribution in [0.1, 0.15) is 17.3 Å². The summed E-state index contributed by atoms with van der Waals surface area (Å²) in [5.74, 6) is 0.254. The molecule has 0 radical (unpaired) electrons. The monoisotopic (exact) mass is 390 g/mol. The number of nitrogens with one attached hydrogen (secondary N) is 2. The van der Waals surface area contributed by atoms with Gasteiger partial charge in [-0.1, -0.05) is 42.5 Å². The molecule has 2 amide bonds. The van der Waals surface area contributed by atoms with Crippen LogP contribution in [0.15, 0.2) is 78.9 Å². The smallest absolute Gasteiger partial charge is 0.262 e. The highest BCUT2D eigenvalue weighted by molar-refractivity contribution is 6.06. The van der Waals surface area contributed by atoms with Gasteiger partial charge in [0, 0.05) is 5.69 Å². The molecule has 0 atom stereocenters. The fourth-order valence-corrected chi connectivity index (χ4v) is 2.68. The highest BCUT2D eigenvalue weighted by Gasteiger charge is 2.14. The summed E-state index contributed by atoms with van der Waals surface area (Å²) < 4.78 is 11.1. The molecule has 0 saturated carbocycles. The van der Waals surface area contributed by atoms with E-state index in [0.29, 0.717) is 35.0 Å². The molecule has 6 heteroatoms. The van der Waals surface area contributed by atoms with Crippen LogP contribution in [0.4, 0.5) is 11.4 Å². The molecule has 3 rings (SSSR count). The topological polar surface area (TPSA) is 76.7 Å². The average molecular weight is 390 g/mol. The highest BCUT2D eigenvalue weighted by Crippen LogP contribution is 2.24. The van der Waals surface area contributed by atoms with Crippen LogP contribution in [0.2, 0.25) is 0 Å². The molecule has 0 aliphatic heterocycles. The van der Waals surface area contributed by atoms with Crippen LogP contribution in [0.3, 0.4) is 0 Å². The minimum Gasteiger partial charge on any atom is -0.492 e. The van der Waals surface area contributed by atoms with Gasteiger partial charge in [-0.05, 0) is 43.3 Å². The number of hydrogen-bond donors (Lipinski definition) is 2. The quantitative estimate of drug-likeness (QED) is 0.599. The lowest BCUT2D eigenvalue weighted by Gasteiger charge is -2.13. The Balaban J connectivity index is 1.64. The fourth-order valence-electron chi connectivity index (χ4n) is 2.68. The molecule has 0 saturated heterocycles. The Morgan fingerprint density at radius 3 is 2.17 bits per heavy atom. The lowest BCUT2D eigenvalue weighted by atomic mass is 10.2. The maximum Gasteiger partial charge on any atom is 0.262 e. The first kappa shape index (κ1) is 19.9. The van der Waals surface area contributed by atoms with Crippen LogP contribution < -0.4 is 20.1 Å². The van der Waals surface area contributed by atoms with Crippen molar-refractivity contribution >= 4 is 23.2 Å². The van der Waals surface area contributed by atoms with Crippen molar-refractivity contribution in [3.8, 4) is 11.5 Å². The first-order valence-electron chi connectivity index (χ1n) is 9.27. The summed E-state index contributed by atoms with van der Waals surface area (Å²) in [4.78, 5) is 24.9. The Morgan fingerprint density at radius 2 is 1.41 bits per heavy atom. The number of anilines is 2. The van der Waals surface area contributed by atoms with Crippen molar-refractivity contribution < 1.29 is 19.1 Å². The molecule has 29 heavy (non-hydrogen) atoms. The molecule has 0 fully saturated rings. The number of hydrogen-bond acceptors (Lipinski definition) is 4. The lowest BCUT2D eigenvalue weighted by molar-refractivity contribution is -0.118. The Labute approximate surface area is 169 Å². The van der Waals surface area contributed by atoms with E-state index < -0.39 is 0 Å². The van der Waals surface area contributed by atoms with Gasteiger partial charge >= 0.3 is 0 Å². The van der Waals surface area contributed by atoms with Crippen LogP contribution in [0, 0.1) is 0 Å². The molecule has 0 spiro atoms. The third kappa shape index (κ3) is 5.59. The van der Waals surface area contributed by atoms with Gasteiger partial charge in [0.25, 0.3) is 11.8 Å². The maximum absolute atomic E-state index is 12.6. The van der Waals surface area contributed by atoms with Crippen molar-refractivity contribution in [2.24, 2.45) is 0 Å². The Hall–Kier alpha value is -3.80. The first-order valence-corrected chi connectivity index (χ1v) is 9.27. The van der Waals surface area contributed by atoms with E-state index in [0.717, 1.165) is 0 Å². The number of carbonyl (C=O) groups excluding carboxylic acids is 2. The van der Waals surface area contributed by atoms with E-state index in [1.54, 1.807) is 48.5 Å². The largest absolute Gasteiger partial charge is 0.492 e. The van der Waals surface area contributed by atoms with Gasteiger partial charge in [-0.2, -0.15) is 0 Å². The fraction of sp³-hybridized carbons (Fsp3) is 0.130. The Bertz CT molecular complexity index is 973. The molecule has 148 valence electrons. The summed E-state index contributed by atoms with van der Waals surface area (Å²) in [6, 6.07) is 23.1. The van der Waals surface area contributed by atoms with Crippen molar-refractivity contribution in [1.82, 2.24) is 0 Å². The predicted molar refractivity (Wildman–Crippen MR) is 113 cm³/mol. The van der Waals surface area contributed by atoms with Crippen molar-refractivity contribution in [3.63, 3.8) is 0 Å². The molecule has 0 aromatic heterocycles. The number of para-hydroxylation sites is 4. The molecule has 0 aliphatic carbocycles. The van der Waals surface area contributed by atoms with E-state index in [1.165, 1.54) is 0 Å². The summed E-state index contributed by atoms with van der Waals surface area (Å²) in [5, 5.41) is 5.58. The number of amides is 2. The second-order valence-electron chi connectivity index (χ2n) is 6.08. The number of rotatable bonds is 8. The molecule has 2 N–H and O–H groups in total. The minimum atomic E-state index is -0.351. The van der Waals surface area contributed by atoms with Crippen LogP contribution in [-0.2, 0) is 4.79 Å². The second-order valence-corrected chi connectivity index (χ2v) is 6.08. The highest BCUT2D eigenvalue weighted by atomic mass is 16.5. The zero-order valence-corrected chi connectivity index (χ0v) is 16.1. The molecule has 0 unspecified atom stereocenters. The Morgan fingerprint density at radius 1 is 0.759 bits per heavy atom. The molecule has 0 heterocycles. The van der Waals surface area contributed by atoms with Crippen LogP contribution in [0.25, 0.3) is 0 Å². The molecular formula is C23H22N2O4. The summed E-state index contributed by atoms with van der Waals surface area (Å²) in [6.45, 7) is 2.13. The molecule has 0 aliphatic rings. The van der Waals surface area contributed by atoms with Crippen molar-refractivity contribution in [3.05, 3.63) is 84.4 Å². The van der Waals surface area contributed by atoms with E-state index in [2.05, 4.69) is 10.6 Å². The van der Waals surface area contributed by atoms with E-state index in [9.17, 15) is 9.59 Å². The summed E-state index contributed by atoms with van der Waals surface area (Å²) in [7, 11) is 0. The third-order valence-electron chi connectivity index (χ3n) is 3.98. The van der Waals surface area contributed by atoms with Gasteiger partial charge in [-0.15, -0.1) is 0 Å². The molecule has 0 bridgehead atoms. The predicted octanol–water partition coefficient (Wildman–Crippen LogP) is 4.36. The van der Waals surface area contributed by atoms with E-state index in [1.807, 2.05) is 37.3 Å². The van der Waals surface area contributed by atoms with Crippen molar-refractivity contribution in [2.75, 3.05) is 23.8 Å². The zero-order valence-electron chi connectivity index (χ0n) is 16.1. The van der Waals surface area contributed by atoms with Crippen LogP contribution in [0.5, 0.6) is 11.5 Å². The van der Waals surface area contributed by atoms with E-state index >= 15 is 0 Å². The van der Waals surface area contributed by atoms with Gasteiger partial charge in [-0.25, -0.2) is 0 Å².